The van der Waals surface area contributed by atoms with Gasteiger partial charge >= 0.3 is 24.2 Å². The minimum atomic E-state index is -6.33. The van der Waals surface area contributed by atoms with Crippen LogP contribution in [0.2, 0.25) is 0 Å². The van der Waals surface area contributed by atoms with Crippen LogP contribution in [0.4, 0.5) is 35.1 Å². The Bertz CT molecular complexity index is 545. The zero-order valence-electron chi connectivity index (χ0n) is 13.5. The zero-order chi connectivity index (χ0) is 19.5. The summed E-state index contributed by atoms with van der Waals surface area (Å²) in [7, 11) is 0. The van der Waals surface area contributed by atoms with Gasteiger partial charge in [0.05, 0.1) is 4.75 Å². The van der Waals surface area contributed by atoms with Crippen LogP contribution in [0.5, 0.6) is 0 Å². The molecule has 152 valence electrons. The molecule has 0 spiro atoms. The van der Waals surface area contributed by atoms with Crippen LogP contribution in [0.25, 0.3) is 0 Å². The van der Waals surface area contributed by atoms with Crippen molar-refractivity contribution in [3.8, 4) is 0 Å². The quantitative estimate of drug-likeness (QED) is 0.559. The Morgan fingerprint density at radius 3 is 1.73 bits per heavy atom. The van der Waals surface area contributed by atoms with Gasteiger partial charge < -0.3 is 0 Å². The monoisotopic (exact) mass is 414 g/mol. The normalized spacial score (nSPS) is 36.0. The summed E-state index contributed by atoms with van der Waals surface area (Å²) in [5.41, 5.74) is 0. The summed E-state index contributed by atoms with van der Waals surface area (Å²) in [6.07, 6.45) is -0.832. The topological polar surface area (TPSA) is 26.3 Å². The molecule has 0 amide bonds. The van der Waals surface area contributed by atoms with Crippen LogP contribution in [0, 0.1) is 17.8 Å². The largest absolute Gasteiger partial charge is 0.380 e. The molecule has 1 atom stereocenters. The van der Waals surface area contributed by atoms with E-state index in [1.165, 1.54) is 0 Å². The van der Waals surface area contributed by atoms with E-state index in [0.29, 0.717) is 19.3 Å². The van der Waals surface area contributed by atoms with Gasteiger partial charge in [0.2, 0.25) is 0 Å². The fourth-order valence-electron chi connectivity index (χ4n) is 4.96. The summed E-state index contributed by atoms with van der Waals surface area (Å²) < 4.78 is 119. The van der Waals surface area contributed by atoms with Gasteiger partial charge in [0, 0.05) is 0 Å². The average Bonchev–Trinajstić information content (AvgIpc) is 2.50. The molecule has 0 aromatic rings. The molecule has 4 aliphatic rings. The molecule has 0 saturated heterocycles. The van der Waals surface area contributed by atoms with Crippen LogP contribution in [-0.2, 0) is 15.3 Å². The second-order valence-corrected chi connectivity index (χ2v) is 9.37. The Hall–Kier alpha value is -0.450. The van der Waals surface area contributed by atoms with E-state index in [-0.39, 0.29) is 17.8 Å². The molecule has 0 radical (unpaired) electrons. The first-order chi connectivity index (χ1) is 11.8. The van der Waals surface area contributed by atoms with Crippen LogP contribution in [-0.4, -0.2) is 39.8 Å². The highest BCUT2D eigenvalue weighted by Gasteiger charge is 2.75. The molecule has 1 unspecified atom stereocenters. The lowest BCUT2D eigenvalue weighted by Gasteiger charge is -2.55. The molecule has 0 N–H and O–H groups in total. The lowest BCUT2D eigenvalue weighted by atomic mass is 9.56. The van der Waals surface area contributed by atoms with Gasteiger partial charge in [0.25, 0.3) is 0 Å². The van der Waals surface area contributed by atoms with Gasteiger partial charge in [-0.25, -0.2) is 13.0 Å². The Labute approximate surface area is 147 Å². The van der Waals surface area contributed by atoms with E-state index >= 15 is 0 Å². The average molecular weight is 414 g/mol. The van der Waals surface area contributed by atoms with Crippen molar-refractivity contribution in [3.63, 3.8) is 0 Å². The number of hydrogen-bond acceptors (Lipinski definition) is 2. The predicted octanol–water partition coefficient (Wildman–Crippen LogP) is 4.81. The molecule has 4 rings (SSSR count). The minimum Gasteiger partial charge on any atom is -0.283 e. The van der Waals surface area contributed by atoms with Crippen molar-refractivity contribution in [1.82, 2.24) is 0 Å². The second-order valence-electron chi connectivity index (χ2n) is 7.80. The van der Waals surface area contributed by atoms with E-state index < -0.39 is 46.6 Å². The summed E-state index contributed by atoms with van der Waals surface area (Å²) in [5, 5.41) is 0. The molecule has 0 heterocycles. The third-order valence-corrected chi connectivity index (χ3v) is 7.37. The Kier molecular flexibility index (Phi) is 4.90. The molecule has 0 aromatic carbocycles. The maximum atomic E-state index is 13.6. The molecular weight excluding hydrogens is 396 g/mol. The van der Waals surface area contributed by atoms with E-state index in [0.717, 1.165) is 19.3 Å². The molecule has 4 bridgehead atoms. The van der Waals surface area contributed by atoms with Gasteiger partial charge in [0.15, 0.2) is 11.1 Å². The zero-order valence-corrected chi connectivity index (χ0v) is 14.3. The Morgan fingerprint density at radius 2 is 1.35 bits per heavy atom. The predicted molar refractivity (Wildman–Crippen MR) is 75.8 cm³/mol. The molecule has 4 saturated carbocycles. The van der Waals surface area contributed by atoms with Gasteiger partial charge in [-0.15, -0.1) is 0 Å². The molecular formula is C15H18F8O2S. The maximum absolute atomic E-state index is 13.6. The highest BCUT2D eigenvalue weighted by atomic mass is 32.2. The first-order valence-electron chi connectivity index (χ1n) is 8.27. The molecule has 4 aliphatic carbocycles. The lowest BCUT2D eigenvalue weighted by Crippen LogP contribution is -2.60. The maximum Gasteiger partial charge on any atom is 0.380 e. The first kappa shape index (κ1) is 20.3. The van der Waals surface area contributed by atoms with E-state index in [2.05, 4.69) is 4.18 Å². The summed E-state index contributed by atoms with van der Waals surface area (Å²) in [6, 6.07) is 0. The van der Waals surface area contributed by atoms with Crippen molar-refractivity contribution in [2.75, 3.05) is 6.61 Å². The van der Waals surface area contributed by atoms with Gasteiger partial charge in [-0.05, 0) is 56.3 Å². The molecule has 0 aromatic heterocycles. The van der Waals surface area contributed by atoms with Crippen molar-refractivity contribution in [2.45, 2.75) is 67.5 Å². The SMILES string of the molecule is O=S(OCC(F)(F)C(F)(F)C(F)(F)C(F)F)C12CC3CC(CC(C3)C1)C2. The van der Waals surface area contributed by atoms with Gasteiger partial charge in [0.1, 0.15) is 6.61 Å². The van der Waals surface area contributed by atoms with Crippen molar-refractivity contribution >= 4 is 11.1 Å². The van der Waals surface area contributed by atoms with E-state index in [1.54, 1.807) is 0 Å². The van der Waals surface area contributed by atoms with Crippen LogP contribution < -0.4 is 0 Å². The van der Waals surface area contributed by atoms with Gasteiger partial charge in [-0.2, -0.15) is 26.3 Å². The van der Waals surface area contributed by atoms with Gasteiger partial charge in [-0.1, -0.05) is 0 Å². The standard InChI is InChI=1S/C15H18F8O2S/c16-11(17)14(20,21)15(22,23)13(18,19)7-25-26(24)12-4-8-1-9(5-12)3-10(2-8)6-12/h8-11H,1-7H2. The van der Waals surface area contributed by atoms with E-state index in [9.17, 15) is 39.3 Å². The highest BCUT2D eigenvalue weighted by molar-refractivity contribution is 7.81. The molecule has 2 nitrogen and oxygen atoms in total. The third-order valence-electron chi connectivity index (χ3n) is 5.83. The van der Waals surface area contributed by atoms with Crippen molar-refractivity contribution in [3.05, 3.63) is 0 Å². The molecule has 4 fully saturated rings. The summed E-state index contributed by atoms with van der Waals surface area (Å²) in [6.45, 7) is -2.31. The highest BCUT2D eigenvalue weighted by Crippen LogP contribution is 2.58. The van der Waals surface area contributed by atoms with Crippen molar-refractivity contribution in [1.29, 1.82) is 0 Å². The van der Waals surface area contributed by atoms with E-state index in [1.807, 2.05) is 0 Å². The van der Waals surface area contributed by atoms with Crippen LogP contribution in [0.3, 0.4) is 0 Å². The van der Waals surface area contributed by atoms with E-state index in [4.69, 9.17) is 0 Å². The summed E-state index contributed by atoms with van der Waals surface area (Å²) in [5.74, 6) is -17.4. The van der Waals surface area contributed by atoms with Crippen LogP contribution >= 0.6 is 0 Å². The minimum absolute atomic E-state index is 0.263. The Balaban J connectivity index is 1.69. The van der Waals surface area contributed by atoms with Crippen LogP contribution in [0.15, 0.2) is 0 Å². The number of alkyl halides is 8. The number of hydrogen-bond donors (Lipinski definition) is 0. The summed E-state index contributed by atoms with van der Waals surface area (Å²) in [4.78, 5) is 0. The second kappa shape index (κ2) is 6.28. The van der Waals surface area contributed by atoms with Crippen molar-refractivity contribution in [2.24, 2.45) is 17.8 Å². The van der Waals surface area contributed by atoms with Gasteiger partial charge in [-0.3, -0.25) is 4.18 Å². The first-order valence-corrected chi connectivity index (χ1v) is 9.35. The number of rotatable bonds is 7. The molecule has 11 heteroatoms. The number of halogens is 8. The Morgan fingerprint density at radius 1 is 0.923 bits per heavy atom. The summed E-state index contributed by atoms with van der Waals surface area (Å²) >= 11 is -2.39. The fourth-order valence-corrected chi connectivity index (χ4v) is 6.58. The fraction of sp³-hybridized carbons (Fsp3) is 1.00. The third kappa shape index (κ3) is 3.06. The lowest BCUT2D eigenvalue weighted by molar-refractivity contribution is -0.342. The molecule has 26 heavy (non-hydrogen) atoms. The smallest absolute Gasteiger partial charge is 0.283 e. The van der Waals surface area contributed by atoms with Crippen molar-refractivity contribution < 1.29 is 43.5 Å². The van der Waals surface area contributed by atoms with Crippen LogP contribution in [0.1, 0.15) is 38.5 Å². The molecule has 0 aliphatic heterocycles.